The number of aliphatic imine (C=N–C) groups is 1. The molecule has 0 aromatic heterocycles. The first-order valence-electron chi connectivity index (χ1n) is 6.43. The summed E-state index contributed by atoms with van der Waals surface area (Å²) in [4.78, 5) is 3.90. The Kier molecular flexibility index (Phi) is 6.42. The van der Waals surface area contributed by atoms with Gasteiger partial charge >= 0.3 is 6.36 Å². The van der Waals surface area contributed by atoms with Crippen molar-refractivity contribution in [1.82, 2.24) is 0 Å². The third-order valence-electron chi connectivity index (χ3n) is 3.03. The molecule has 0 saturated heterocycles. The summed E-state index contributed by atoms with van der Waals surface area (Å²) in [5.41, 5.74) is 5.82. The Hall–Kier alpha value is -1.33. The molecule has 1 aliphatic rings. The topological polar surface area (TPSA) is 59.6 Å². The lowest BCUT2D eigenvalue weighted by Crippen LogP contribution is -2.37. The van der Waals surface area contributed by atoms with Crippen LogP contribution in [-0.4, -0.2) is 24.8 Å². The fraction of sp³-hybridized carbons (Fsp3) is 0.462. The summed E-state index contributed by atoms with van der Waals surface area (Å²) in [6, 6.07) is 5.07. The van der Waals surface area contributed by atoms with Crippen molar-refractivity contribution in [3.8, 4) is 5.75 Å². The SMILES string of the molecule is I.NC(=NCC1CC(F)(F)C1)Nc1cccc(OC(F)(F)F)c1. The van der Waals surface area contributed by atoms with Gasteiger partial charge in [-0.05, 0) is 18.1 Å². The minimum atomic E-state index is -4.78. The third kappa shape index (κ3) is 6.75. The van der Waals surface area contributed by atoms with Crippen molar-refractivity contribution in [3.05, 3.63) is 24.3 Å². The summed E-state index contributed by atoms with van der Waals surface area (Å²) in [5, 5.41) is 2.59. The maximum atomic E-state index is 12.6. The highest BCUT2D eigenvalue weighted by Crippen LogP contribution is 2.42. The number of alkyl halides is 5. The van der Waals surface area contributed by atoms with Crippen LogP contribution in [0.25, 0.3) is 0 Å². The molecule has 0 atom stereocenters. The molecule has 0 bridgehead atoms. The van der Waals surface area contributed by atoms with Gasteiger partial charge in [-0.15, -0.1) is 37.1 Å². The Balaban J connectivity index is 0.00000264. The fourth-order valence-corrected chi connectivity index (χ4v) is 2.10. The largest absolute Gasteiger partial charge is 0.573 e. The molecule has 1 aliphatic carbocycles. The average Bonchev–Trinajstić information content (AvgIpc) is 2.32. The Labute approximate surface area is 146 Å². The maximum absolute atomic E-state index is 12.6. The van der Waals surface area contributed by atoms with Crippen LogP contribution in [-0.2, 0) is 0 Å². The molecule has 0 heterocycles. The van der Waals surface area contributed by atoms with Gasteiger partial charge in [0.1, 0.15) is 5.75 Å². The Bertz CT molecular complexity index is 557. The van der Waals surface area contributed by atoms with E-state index in [1.54, 1.807) is 0 Å². The van der Waals surface area contributed by atoms with Crippen molar-refractivity contribution in [2.75, 3.05) is 11.9 Å². The van der Waals surface area contributed by atoms with Gasteiger partial charge in [0, 0.05) is 31.1 Å². The number of nitrogens with one attached hydrogen (secondary N) is 1. The van der Waals surface area contributed by atoms with Crippen molar-refractivity contribution in [2.24, 2.45) is 16.6 Å². The summed E-state index contributed by atoms with van der Waals surface area (Å²) in [7, 11) is 0. The second kappa shape index (κ2) is 7.49. The Morgan fingerprint density at radius 3 is 2.57 bits per heavy atom. The first kappa shape index (κ1) is 19.7. The van der Waals surface area contributed by atoms with Crippen molar-refractivity contribution >= 4 is 35.6 Å². The molecule has 10 heteroatoms. The molecular weight excluding hydrogens is 436 g/mol. The zero-order chi connectivity index (χ0) is 16.4. The summed E-state index contributed by atoms with van der Waals surface area (Å²) in [6.07, 6.45) is -5.23. The highest BCUT2D eigenvalue weighted by Gasteiger charge is 2.44. The van der Waals surface area contributed by atoms with Gasteiger partial charge in [-0.3, -0.25) is 4.99 Å². The van der Waals surface area contributed by atoms with E-state index >= 15 is 0 Å². The van der Waals surface area contributed by atoms with Gasteiger partial charge in [0.2, 0.25) is 5.92 Å². The van der Waals surface area contributed by atoms with E-state index in [0.29, 0.717) is 0 Å². The number of benzene rings is 1. The van der Waals surface area contributed by atoms with Crippen LogP contribution in [0.1, 0.15) is 12.8 Å². The summed E-state index contributed by atoms with van der Waals surface area (Å²) in [6.45, 7) is 0.146. The molecule has 1 fully saturated rings. The number of rotatable bonds is 4. The van der Waals surface area contributed by atoms with Gasteiger partial charge in [-0.2, -0.15) is 0 Å². The highest BCUT2D eigenvalue weighted by atomic mass is 127. The first-order valence-corrected chi connectivity index (χ1v) is 6.43. The molecule has 0 aliphatic heterocycles. The summed E-state index contributed by atoms with van der Waals surface area (Å²) in [5.74, 6) is -3.30. The van der Waals surface area contributed by atoms with Crippen LogP contribution >= 0.6 is 24.0 Å². The lowest BCUT2D eigenvalue weighted by molar-refractivity contribution is -0.274. The third-order valence-corrected chi connectivity index (χ3v) is 3.03. The van der Waals surface area contributed by atoms with Crippen molar-refractivity contribution < 1.29 is 26.7 Å². The van der Waals surface area contributed by atoms with Gasteiger partial charge in [-0.25, -0.2) is 8.78 Å². The second-order valence-corrected chi connectivity index (χ2v) is 5.06. The second-order valence-electron chi connectivity index (χ2n) is 5.06. The quantitative estimate of drug-likeness (QED) is 0.315. The zero-order valence-electron chi connectivity index (χ0n) is 11.7. The van der Waals surface area contributed by atoms with Gasteiger partial charge in [0.05, 0.1) is 0 Å². The number of anilines is 1. The minimum Gasteiger partial charge on any atom is -0.406 e. The summed E-state index contributed by atoms with van der Waals surface area (Å²) < 4.78 is 65.3. The number of hydrogen-bond acceptors (Lipinski definition) is 2. The lowest BCUT2D eigenvalue weighted by Gasteiger charge is -2.33. The number of nitrogens with zero attached hydrogens (tertiary/aromatic N) is 1. The molecule has 1 aromatic rings. The smallest absolute Gasteiger partial charge is 0.406 e. The first-order chi connectivity index (χ1) is 10.1. The monoisotopic (exact) mass is 451 g/mol. The van der Waals surface area contributed by atoms with Crippen molar-refractivity contribution in [1.29, 1.82) is 0 Å². The van der Waals surface area contributed by atoms with Crippen molar-refractivity contribution in [3.63, 3.8) is 0 Å². The van der Waals surface area contributed by atoms with Crippen LogP contribution in [0, 0.1) is 5.92 Å². The highest BCUT2D eigenvalue weighted by molar-refractivity contribution is 14.0. The van der Waals surface area contributed by atoms with E-state index in [0.717, 1.165) is 12.1 Å². The molecule has 23 heavy (non-hydrogen) atoms. The molecular formula is C13H15F5IN3O. The van der Waals surface area contributed by atoms with Gasteiger partial charge < -0.3 is 15.8 Å². The number of guanidine groups is 1. The van der Waals surface area contributed by atoms with Crippen LogP contribution in [0.4, 0.5) is 27.6 Å². The van der Waals surface area contributed by atoms with E-state index < -0.39 is 18.0 Å². The molecule has 1 aromatic carbocycles. The predicted octanol–water partition coefficient (Wildman–Crippen LogP) is 3.98. The molecule has 2 rings (SSSR count). The number of hydrogen-bond donors (Lipinski definition) is 2. The average molecular weight is 451 g/mol. The number of ether oxygens (including phenoxy) is 1. The van der Waals surface area contributed by atoms with Crippen molar-refractivity contribution in [2.45, 2.75) is 25.1 Å². The molecule has 0 amide bonds. The van der Waals surface area contributed by atoms with E-state index in [9.17, 15) is 22.0 Å². The van der Waals surface area contributed by atoms with Gasteiger partial charge in [0.25, 0.3) is 0 Å². The van der Waals surface area contributed by atoms with E-state index in [1.807, 2.05) is 0 Å². The molecule has 0 radical (unpaired) electrons. The standard InChI is InChI=1S/C13H14F5N3O.HI/c14-12(15)5-8(6-12)7-20-11(19)21-9-2-1-3-10(4-9)22-13(16,17)18;/h1-4,8H,5-7H2,(H3,19,20,21);1H. The summed E-state index contributed by atoms with van der Waals surface area (Å²) >= 11 is 0. The molecule has 1 saturated carbocycles. The molecule has 4 nitrogen and oxygen atoms in total. The fourth-order valence-electron chi connectivity index (χ4n) is 2.10. The van der Waals surface area contributed by atoms with Crippen LogP contribution in [0.5, 0.6) is 5.75 Å². The van der Waals surface area contributed by atoms with E-state index in [2.05, 4.69) is 15.0 Å². The van der Waals surface area contributed by atoms with Gasteiger partial charge in [0.15, 0.2) is 5.96 Å². The van der Waals surface area contributed by atoms with E-state index in [-0.39, 0.29) is 60.9 Å². The Morgan fingerprint density at radius 1 is 1.35 bits per heavy atom. The lowest BCUT2D eigenvalue weighted by atomic mass is 9.81. The van der Waals surface area contributed by atoms with E-state index in [1.165, 1.54) is 12.1 Å². The van der Waals surface area contributed by atoms with Gasteiger partial charge in [-0.1, -0.05) is 6.07 Å². The van der Waals surface area contributed by atoms with Crippen LogP contribution in [0.15, 0.2) is 29.3 Å². The molecule has 0 spiro atoms. The maximum Gasteiger partial charge on any atom is 0.573 e. The normalized spacial score (nSPS) is 17.9. The van der Waals surface area contributed by atoms with Crippen LogP contribution in [0.3, 0.4) is 0 Å². The predicted molar refractivity (Wildman–Crippen MR) is 86.3 cm³/mol. The number of halogens is 6. The van der Waals surface area contributed by atoms with Crippen LogP contribution < -0.4 is 15.8 Å². The Morgan fingerprint density at radius 2 is 2.00 bits per heavy atom. The zero-order valence-corrected chi connectivity index (χ0v) is 14.1. The number of nitrogens with two attached hydrogens (primary N) is 1. The molecule has 130 valence electrons. The molecule has 3 N–H and O–H groups in total. The minimum absolute atomic E-state index is 0. The van der Waals surface area contributed by atoms with E-state index in [4.69, 9.17) is 5.73 Å². The van der Waals surface area contributed by atoms with Crippen LogP contribution in [0.2, 0.25) is 0 Å². The molecule has 0 unspecified atom stereocenters.